The zero-order chi connectivity index (χ0) is 8.91. The van der Waals surface area contributed by atoms with Gasteiger partial charge in [0, 0.05) is 0 Å². The minimum absolute atomic E-state index is 0.753. The number of halogens is 3. The number of rotatable bonds is 2. The Labute approximate surface area is 62.2 Å². The van der Waals surface area contributed by atoms with Crippen LogP contribution in [0.4, 0.5) is 13.2 Å². The van der Waals surface area contributed by atoms with Crippen LogP contribution in [0, 0.1) is 0 Å². The van der Waals surface area contributed by atoms with Gasteiger partial charge in [0.1, 0.15) is 12.0 Å². The number of nitrogens with zero attached hydrogens (tertiary/aromatic N) is 2. The highest BCUT2D eigenvalue weighted by Crippen LogP contribution is 2.25. The molecule has 0 aromatic rings. The molecule has 0 rings (SSSR count). The second-order valence-electron chi connectivity index (χ2n) is 1.60. The highest BCUT2D eigenvalue weighted by atomic mass is 19.4. The van der Waals surface area contributed by atoms with Gasteiger partial charge in [-0.1, -0.05) is 6.08 Å². The fourth-order valence-corrected chi connectivity index (χ4v) is 0.414. The minimum Gasteiger partial charge on any atom is -0.253 e. The van der Waals surface area contributed by atoms with Crippen molar-refractivity contribution in [2.75, 3.05) is 0 Å². The molecule has 0 saturated carbocycles. The quantitative estimate of drug-likeness (QED) is 0.441. The average molecular weight is 164 g/mol. The van der Waals surface area contributed by atoms with Gasteiger partial charge in [-0.3, -0.25) is 4.99 Å². The predicted molar refractivity (Wildman–Crippen MR) is 37.9 cm³/mol. The molecule has 0 spiro atoms. The van der Waals surface area contributed by atoms with Gasteiger partial charge in [0.05, 0.1) is 0 Å². The fourth-order valence-electron chi connectivity index (χ4n) is 0.414. The molecule has 0 N–H and O–H groups in total. The van der Waals surface area contributed by atoms with Crippen LogP contribution < -0.4 is 0 Å². The molecule has 0 atom stereocenters. The van der Waals surface area contributed by atoms with Crippen LogP contribution in [0.1, 0.15) is 6.92 Å². The second kappa shape index (κ2) is 3.90. The van der Waals surface area contributed by atoms with E-state index in [0.29, 0.717) is 0 Å². The van der Waals surface area contributed by atoms with Gasteiger partial charge in [0.25, 0.3) is 0 Å². The monoisotopic (exact) mass is 164 g/mol. The highest BCUT2D eigenvalue weighted by Gasteiger charge is 2.32. The third kappa shape index (κ3) is 3.54. The van der Waals surface area contributed by atoms with Gasteiger partial charge in [-0.05, 0) is 13.6 Å². The van der Waals surface area contributed by atoms with Crippen molar-refractivity contribution in [3.63, 3.8) is 0 Å². The van der Waals surface area contributed by atoms with Crippen molar-refractivity contribution in [3.8, 4) is 0 Å². The van der Waals surface area contributed by atoms with E-state index in [4.69, 9.17) is 0 Å². The van der Waals surface area contributed by atoms with Crippen LogP contribution in [0.5, 0.6) is 0 Å². The number of aliphatic imine (C=N–C) groups is 2. The van der Waals surface area contributed by atoms with Crippen molar-refractivity contribution in [2.45, 2.75) is 13.1 Å². The topological polar surface area (TPSA) is 24.7 Å². The number of hydrogen-bond acceptors (Lipinski definition) is 1. The van der Waals surface area contributed by atoms with Crippen molar-refractivity contribution in [1.29, 1.82) is 0 Å². The number of alkyl halides is 3. The molecule has 0 aromatic carbocycles. The molecule has 5 heteroatoms. The van der Waals surface area contributed by atoms with Crippen LogP contribution in [0.2, 0.25) is 0 Å². The summed E-state index contributed by atoms with van der Waals surface area (Å²) in [6.07, 6.45) is -2.79. The summed E-state index contributed by atoms with van der Waals surface area (Å²) in [5.74, 6) is 0. The van der Waals surface area contributed by atoms with Crippen molar-refractivity contribution < 1.29 is 13.2 Å². The van der Waals surface area contributed by atoms with Gasteiger partial charge < -0.3 is 0 Å². The van der Waals surface area contributed by atoms with E-state index in [0.717, 1.165) is 12.4 Å². The Hall–Kier alpha value is -1.13. The van der Waals surface area contributed by atoms with E-state index in [1.165, 1.54) is 6.92 Å². The lowest BCUT2D eigenvalue weighted by Crippen LogP contribution is -2.09. The molecule has 0 aliphatic carbocycles. The van der Waals surface area contributed by atoms with Crippen molar-refractivity contribution >= 4 is 13.1 Å². The van der Waals surface area contributed by atoms with Crippen LogP contribution >= 0.6 is 0 Å². The lowest BCUT2D eigenvalue weighted by molar-refractivity contribution is -0.0923. The van der Waals surface area contributed by atoms with Gasteiger partial charge in [-0.15, -0.1) is 0 Å². The smallest absolute Gasteiger partial charge is 0.253 e. The molecule has 0 fully saturated rings. The SMILES string of the molecule is C=NC=N/C(=C\C)C(F)(F)F. The lowest BCUT2D eigenvalue weighted by Gasteiger charge is -2.03. The molecule has 2 nitrogen and oxygen atoms in total. The van der Waals surface area contributed by atoms with E-state index in [2.05, 4.69) is 16.7 Å². The zero-order valence-corrected chi connectivity index (χ0v) is 5.89. The second-order valence-corrected chi connectivity index (χ2v) is 1.60. The van der Waals surface area contributed by atoms with Crippen LogP contribution in [-0.2, 0) is 0 Å². The third-order valence-electron chi connectivity index (χ3n) is 0.842. The minimum atomic E-state index is -4.41. The Morgan fingerprint density at radius 3 is 2.27 bits per heavy atom. The Kier molecular flexibility index (Phi) is 3.50. The summed E-state index contributed by atoms with van der Waals surface area (Å²) in [5, 5.41) is 0. The Morgan fingerprint density at radius 1 is 1.45 bits per heavy atom. The van der Waals surface area contributed by atoms with Crippen LogP contribution in [0.15, 0.2) is 21.8 Å². The molecule has 0 aliphatic heterocycles. The Balaban J connectivity index is 4.45. The molecule has 0 bridgehead atoms. The summed E-state index contributed by atoms with van der Waals surface area (Å²) >= 11 is 0. The van der Waals surface area contributed by atoms with Crippen LogP contribution in [-0.4, -0.2) is 19.2 Å². The summed E-state index contributed by atoms with van der Waals surface area (Å²) in [6, 6.07) is 0. The molecule has 0 saturated heterocycles. The molecular weight excluding hydrogens is 157 g/mol. The van der Waals surface area contributed by atoms with E-state index < -0.39 is 11.9 Å². The van der Waals surface area contributed by atoms with Crippen molar-refractivity contribution in [1.82, 2.24) is 0 Å². The maximum Gasteiger partial charge on any atom is 0.433 e. The first kappa shape index (κ1) is 9.87. The first-order valence-electron chi connectivity index (χ1n) is 2.74. The predicted octanol–water partition coefficient (Wildman–Crippen LogP) is 2.18. The molecule has 0 heterocycles. The lowest BCUT2D eigenvalue weighted by atomic mass is 10.4. The van der Waals surface area contributed by atoms with E-state index in [1.807, 2.05) is 0 Å². The normalized spacial score (nSPS) is 14.0. The fraction of sp³-hybridized carbons (Fsp3) is 0.333. The van der Waals surface area contributed by atoms with Gasteiger partial charge in [-0.25, -0.2) is 4.99 Å². The van der Waals surface area contributed by atoms with Crippen LogP contribution in [0.3, 0.4) is 0 Å². The summed E-state index contributed by atoms with van der Waals surface area (Å²) < 4.78 is 35.4. The number of hydrogen-bond donors (Lipinski definition) is 0. The van der Waals surface area contributed by atoms with E-state index in [-0.39, 0.29) is 0 Å². The summed E-state index contributed by atoms with van der Waals surface area (Å²) in [6.45, 7) is 4.21. The maximum absolute atomic E-state index is 11.8. The standard InChI is InChI=1S/C6H7F3N2/c1-3-5(6(7,8)9)11-4-10-2/h3-4H,2H2,1H3/b5-3-,11-4?. The Bertz CT molecular complexity index is 190. The summed E-state index contributed by atoms with van der Waals surface area (Å²) in [7, 11) is 0. The molecule has 0 aromatic heterocycles. The van der Waals surface area contributed by atoms with Gasteiger partial charge in [0.2, 0.25) is 0 Å². The van der Waals surface area contributed by atoms with Gasteiger partial charge in [-0.2, -0.15) is 13.2 Å². The largest absolute Gasteiger partial charge is 0.433 e. The molecule has 0 amide bonds. The van der Waals surface area contributed by atoms with Gasteiger partial charge >= 0.3 is 6.18 Å². The van der Waals surface area contributed by atoms with E-state index in [1.54, 1.807) is 0 Å². The van der Waals surface area contributed by atoms with Crippen molar-refractivity contribution in [2.24, 2.45) is 9.98 Å². The molecule has 11 heavy (non-hydrogen) atoms. The van der Waals surface area contributed by atoms with E-state index in [9.17, 15) is 13.2 Å². The molecule has 62 valence electrons. The maximum atomic E-state index is 11.8. The molecular formula is C6H7F3N2. The van der Waals surface area contributed by atoms with Crippen LogP contribution in [0.25, 0.3) is 0 Å². The number of allylic oxidation sites excluding steroid dienone is 2. The van der Waals surface area contributed by atoms with E-state index >= 15 is 0 Å². The molecule has 0 unspecified atom stereocenters. The first-order valence-corrected chi connectivity index (χ1v) is 2.74. The summed E-state index contributed by atoms with van der Waals surface area (Å²) in [5.41, 5.74) is -0.968. The third-order valence-corrected chi connectivity index (χ3v) is 0.842. The molecule has 0 aliphatic rings. The van der Waals surface area contributed by atoms with Gasteiger partial charge in [0.15, 0.2) is 0 Å². The average Bonchev–Trinajstić information content (AvgIpc) is 1.87. The zero-order valence-electron chi connectivity index (χ0n) is 5.89. The first-order chi connectivity index (χ1) is 5.02. The Morgan fingerprint density at radius 2 is 2.00 bits per heavy atom. The highest BCUT2D eigenvalue weighted by molar-refractivity contribution is 5.63. The molecule has 0 radical (unpaired) electrons. The van der Waals surface area contributed by atoms with Crippen molar-refractivity contribution in [3.05, 3.63) is 11.8 Å². The summed E-state index contributed by atoms with van der Waals surface area (Å²) in [4.78, 5) is 6.07.